The van der Waals surface area contributed by atoms with E-state index >= 15 is 0 Å². The van der Waals surface area contributed by atoms with Gasteiger partial charge in [-0.15, -0.1) is 0 Å². The van der Waals surface area contributed by atoms with E-state index in [-0.39, 0.29) is 11.7 Å². The van der Waals surface area contributed by atoms with E-state index in [0.717, 1.165) is 23.4 Å². The number of rotatable bonds is 6. The van der Waals surface area contributed by atoms with Gasteiger partial charge in [-0.2, -0.15) is 0 Å². The molecule has 0 radical (unpaired) electrons. The van der Waals surface area contributed by atoms with Gasteiger partial charge in [0, 0.05) is 17.3 Å². The average Bonchev–Trinajstić information content (AvgIpc) is 2.70. The van der Waals surface area contributed by atoms with E-state index in [1.54, 1.807) is 18.2 Å². The molecule has 0 bridgehead atoms. The summed E-state index contributed by atoms with van der Waals surface area (Å²) in [6.07, 6.45) is 9.78. The van der Waals surface area contributed by atoms with E-state index < -0.39 is 0 Å². The van der Waals surface area contributed by atoms with Gasteiger partial charge in [0.15, 0.2) is 0 Å². The van der Waals surface area contributed by atoms with Gasteiger partial charge in [-0.1, -0.05) is 36.8 Å². The third-order valence-electron chi connectivity index (χ3n) is 5.34. The van der Waals surface area contributed by atoms with Crippen LogP contribution in [0.3, 0.4) is 0 Å². The Morgan fingerprint density at radius 1 is 1.11 bits per heavy atom. The number of anilines is 1. The third-order valence-corrected chi connectivity index (χ3v) is 5.34. The fraction of sp³-hybridized carbons (Fsp3) is 0.348. The first-order valence-electron chi connectivity index (χ1n) is 9.76. The van der Waals surface area contributed by atoms with Gasteiger partial charge in [-0.3, -0.25) is 4.79 Å². The number of amides is 1. The van der Waals surface area contributed by atoms with Crippen molar-refractivity contribution < 1.29 is 14.1 Å². The van der Waals surface area contributed by atoms with Gasteiger partial charge < -0.3 is 10.2 Å². The smallest absolute Gasteiger partial charge is 0.248 e. The van der Waals surface area contributed by atoms with Gasteiger partial charge in [0.25, 0.3) is 0 Å². The molecule has 142 valence electrons. The monoisotopic (exact) mass is 367 g/mol. The predicted octanol–water partition coefficient (Wildman–Crippen LogP) is 3.83. The van der Waals surface area contributed by atoms with Crippen molar-refractivity contribution in [1.82, 2.24) is 0 Å². The summed E-state index contributed by atoms with van der Waals surface area (Å²) in [5.41, 5.74) is 2.81. The van der Waals surface area contributed by atoms with Crippen LogP contribution < -0.4 is 10.2 Å². The van der Waals surface area contributed by atoms with E-state index in [0.29, 0.717) is 6.04 Å². The summed E-state index contributed by atoms with van der Waals surface area (Å²) < 4.78 is 13.0. The Morgan fingerprint density at radius 3 is 2.56 bits per heavy atom. The molecule has 1 saturated carbocycles. The highest BCUT2D eigenvalue weighted by atomic mass is 19.1. The van der Waals surface area contributed by atoms with Crippen molar-refractivity contribution in [2.45, 2.75) is 44.7 Å². The van der Waals surface area contributed by atoms with Crippen molar-refractivity contribution in [3.8, 4) is 0 Å². The fourth-order valence-electron chi connectivity index (χ4n) is 3.76. The zero-order chi connectivity index (χ0) is 19.1. The summed E-state index contributed by atoms with van der Waals surface area (Å²) in [6.45, 7) is 0.906. The molecule has 2 aromatic rings. The summed E-state index contributed by atoms with van der Waals surface area (Å²) in [5.74, 6) is -0.461. The van der Waals surface area contributed by atoms with Crippen LogP contribution in [0.15, 0.2) is 54.6 Å². The molecule has 1 unspecified atom stereocenters. The molecule has 1 aliphatic rings. The Bertz CT molecular complexity index is 779. The highest BCUT2D eigenvalue weighted by Gasteiger charge is 2.22. The molecule has 2 N–H and O–H groups in total. The molecule has 1 aliphatic carbocycles. The predicted molar refractivity (Wildman–Crippen MR) is 108 cm³/mol. The number of nitrogens with one attached hydrogen (secondary N) is 2. The fourth-order valence-corrected chi connectivity index (χ4v) is 3.76. The van der Waals surface area contributed by atoms with E-state index in [4.69, 9.17) is 0 Å². The molecule has 1 amide bonds. The second-order valence-corrected chi connectivity index (χ2v) is 7.39. The zero-order valence-electron chi connectivity index (χ0n) is 15.9. The van der Waals surface area contributed by atoms with Crippen molar-refractivity contribution in [2.75, 3.05) is 12.4 Å². The molecule has 3 nitrogen and oxygen atoms in total. The number of hydrogen-bond acceptors (Lipinski definition) is 1. The molecular formula is C23H28FN2O+. The molecule has 0 heterocycles. The Balaban J connectivity index is 1.62. The van der Waals surface area contributed by atoms with Crippen molar-refractivity contribution >= 4 is 17.7 Å². The van der Waals surface area contributed by atoms with E-state index in [9.17, 15) is 9.18 Å². The van der Waals surface area contributed by atoms with Crippen LogP contribution in [0.1, 0.15) is 43.2 Å². The van der Waals surface area contributed by atoms with Crippen molar-refractivity contribution in [2.24, 2.45) is 0 Å². The maximum absolute atomic E-state index is 13.0. The van der Waals surface area contributed by atoms with Crippen LogP contribution in [0.2, 0.25) is 0 Å². The minimum atomic E-state index is -0.282. The van der Waals surface area contributed by atoms with E-state index in [1.807, 2.05) is 18.2 Å². The molecule has 1 atom stereocenters. The van der Waals surface area contributed by atoms with E-state index in [1.165, 1.54) is 55.2 Å². The van der Waals surface area contributed by atoms with Crippen molar-refractivity contribution in [1.29, 1.82) is 0 Å². The Kier molecular flexibility index (Phi) is 6.77. The average molecular weight is 367 g/mol. The summed E-state index contributed by atoms with van der Waals surface area (Å²) in [5, 5.41) is 2.99. The highest BCUT2D eigenvalue weighted by molar-refractivity contribution is 6.02. The Morgan fingerprint density at radius 2 is 1.81 bits per heavy atom. The molecule has 0 saturated heterocycles. The highest BCUT2D eigenvalue weighted by Crippen LogP contribution is 2.17. The maximum atomic E-state index is 13.0. The Hall–Kier alpha value is -2.46. The van der Waals surface area contributed by atoms with Crippen LogP contribution in [-0.2, 0) is 11.3 Å². The second-order valence-electron chi connectivity index (χ2n) is 7.39. The molecular weight excluding hydrogens is 339 g/mol. The third kappa shape index (κ3) is 5.76. The number of halogens is 1. The standard InChI is InChI=1S/C23H27FN2O/c1-26(21-8-3-2-4-9-21)17-19-7-5-6-10-22(19)25-23(27)16-13-18-11-14-20(24)15-12-18/h5-7,10-16,21H,2-4,8-9,17H2,1H3,(H,25,27)/p+1/b16-13+. The minimum Gasteiger partial charge on any atom is -0.331 e. The van der Waals surface area contributed by atoms with Crippen LogP contribution in [0, 0.1) is 5.82 Å². The number of quaternary nitrogens is 1. The lowest BCUT2D eigenvalue weighted by molar-refractivity contribution is -0.921. The normalized spacial score (nSPS) is 16.4. The zero-order valence-corrected chi connectivity index (χ0v) is 15.9. The SMILES string of the molecule is C[NH+](Cc1ccccc1NC(=O)/C=C/c1ccc(F)cc1)C1CCCCC1. The molecule has 0 spiro atoms. The van der Waals surface area contributed by atoms with Gasteiger partial charge in [-0.05, 0) is 55.5 Å². The van der Waals surface area contributed by atoms with Crippen molar-refractivity contribution in [3.63, 3.8) is 0 Å². The molecule has 3 rings (SSSR count). The molecule has 27 heavy (non-hydrogen) atoms. The van der Waals surface area contributed by atoms with Crippen LogP contribution in [0.4, 0.5) is 10.1 Å². The topological polar surface area (TPSA) is 33.5 Å². The van der Waals surface area contributed by atoms with Crippen LogP contribution in [0.25, 0.3) is 6.08 Å². The first-order valence-corrected chi connectivity index (χ1v) is 9.76. The maximum Gasteiger partial charge on any atom is 0.248 e. The van der Waals surface area contributed by atoms with Gasteiger partial charge in [0.1, 0.15) is 12.4 Å². The molecule has 4 heteroatoms. The minimum absolute atomic E-state index is 0.179. The Labute approximate surface area is 160 Å². The first-order chi connectivity index (χ1) is 13.1. The van der Waals surface area contributed by atoms with Crippen molar-refractivity contribution in [3.05, 3.63) is 71.6 Å². The van der Waals surface area contributed by atoms with Gasteiger partial charge in [-0.25, -0.2) is 4.39 Å². The number of carbonyl (C=O) groups excluding carboxylic acids is 1. The molecule has 0 aliphatic heterocycles. The summed E-state index contributed by atoms with van der Waals surface area (Å²) in [7, 11) is 2.25. The van der Waals surface area contributed by atoms with Crippen LogP contribution in [0.5, 0.6) is 0 Å². The lowest BCUT2D eigenvalue weighted by Gasteiger charge is -2.28. The summed E-state index contributed by atoms with van der Waals surface area (Å²) in [6, 6.07) is 14.8. The molecule has 1 fully saturated rings. The summed E-state index contributed by atoms with van der Waals surface area (Å²) in [4.78, 5) is 13.8. The number of carbonyl (C=O) groups is 1. The van der Waals surface area contributed by atoms with Gasteiger partial charge >= 0.3 is 0 Å². The lowest BCUT2D eigenvalue weighted by Crippen LogP contribution is -3.11. The molecule has 0 aromatic heterocycles. The van der Waals surface area contributed by atoms with Crippen LogP contribution in [-0.4, -0.2) is 19.0 Å². The van der Waals surface area contributed by atoms with Gasteiger partial charge in [0.05, 0.1) is 13.1 Å². The number of hydrogen-bond donors (Lipinski definition) is 2. The molecule has 2 aromatic carbocycles. The number of para-hydroxylation sites is 1. The summed E-state index contributed by atoms with van der Waals surface area (Å²) >= 11 is 0. The second kappa shape index (κ2) is 9.47. The van der Waals surface area contributed by atoms with Crippen LogP contribution >= 0.6 is 0 Å². The first kappa shape index (κ1) is 19.3. The van der Waals surface area contributed by atoms with E-state index in [2.05, 4.69) is 18.4 Å². The number of benzene rings is 2. The largest absolute Gasteiger partial charge is 0.331 e. The van der Waals surface area contributed by atoms with Gasteiger partial charge in [0.2, 0.25) is 5.91 Å². The lowest BCUT2D eigenvalue weighted by atomic mass is 9.94. The quantitative estimate of drug-likeness (QED) is 0.748.